The van der Waals surface area contributed by atoms with Crippen molar-refractivity contribution in [3.63, 3.8) is 0 Å². The second kappa shape index (κ2) is 6.46. The van der Waals surface area contributed by atoms with Crippen LogP contribution < -0.4 is 4.72 Å². The molecule has 8 heteroatoms. The molecular weight excluding hydrogens is 368 g/mol. The van der Waals surface area contributed by atoms with Gasteiger partial charge in [-0.3, -0.25) is 0 Å². The monoisotopic (exact) mass is 386 g/mol. The largest absolute Gasteiger partial charge is 0.358 e. The summed E-state index contributed by atoms with van der Waals surface area (Å²) in [6, 6.07) is 11.6. The summed E-state index contributed by atoms with van der Waals surface area (Å²) in [4.78, 5) is 3.56. The number of aromatic amines is 1. The first-order chi connectivity index (χ1) is 12.5. The lowest BCUT2D eigenvalue weighted by Gasteiger charge is -2.10. The summed E-state index contributed by atoms with van der Waals surface area (Å²) in [5, 5.41) is 1.13. The normalized spacial score (nSPS) is 12.2. The summed E-state index contributed by atoms with van der Waals surface area (Å²) in [5.74, 6) is 0. The van der Waals surface area contributed by atoms with Gasteiger partial charge in [-0.05, 0) is 43.5 Å². The minimum atomic E-state index is -3.66. The van der Waals surface area contributed by atoms with Gasteiger partial charge in [-0.2, -0.15) is 8.75 Å². The first-order valence-corrected chi connectivity index (χ1v) is 10.5. The molecule has 6 nitrogen and oxygen atoms in total. The number of nitrogens with zero attached hydrogens (tertiary/aromatic N) is 2. The third-order valence-corrected chi connectivity index (χ3v) is 6.72. The van der Waals surface area contributed by atoms with Crippen LogP contribution in [0, 0.1) is 13.8 Å². The van der Waals surface area contributed by atoms with Crippen LogP contribution in [0.15, 0.2) is 41.3 Å². The molecule has 0 aliphatic heterocycles. The highest BCUT2D eigenvalue weighted by Crippen LogP contribution is 2.25. The Morgan fingerprint density at radius 1 is 1.12 bits per heavy atom. The third kappa shape index (κ3) is 2.90. The zero-order chi connectivity index (χ0) is 18.3. The van der Waals surface area contributed by atoms with Gasteiger partial charge in [-0.15, -0.1) is 0 Å². The Morgan fingerprint density at radius 3 is 2.77 bits per heavy atom. The fraction of sp³-hybridized carbons (Fsp3) is 0.222. The van der Waals surface area contributed by atoms with Gasteiger partial charge >= 0.3 is 0 Å². The lowest BCUT2D eigenvalue weighted by Crippen LogP contribution is -2.27. The van der Waals surface area contributed by atoms with E-state index in [-0.39, 0.29) is 4.90 Å². The average Bonchev–Trinajstić information content (AvgIpc) is 3.18. The van der Waals surface area contributed by atoms with E-state index < -0.39 is 10.0 Å². The number of hydrogen-bond acceptors (Lipinski definition) is 5. The van der Waals surface area contributed by atoms with E-state index in [2.05, 4.69) is 24.5 Å². The predicted molar refractivity (Wildman–Crippen MR) is 104 cm³/mol. The predicted octanol–water partition coefficient (Wildman–Crippen LogP) is 3.31. The van der Waals surface area contributed by atoms with E-state index in [0.717, 1.165) is 33.9 Å². The number of aryl methyl sites for hydroxylation is 2. The number of aromatic nitrogens is 3. The van der Waals surface area contributed by atoms with Crippen LogP contribution in [0.5, 0.6) is 0 Å². The van der Waals surface area contributed by atoms with Crippen LogP contribution in [0.4, 0.5) is 0 Å². The first-order valence-electron chi connectivity index (χ1n) is 8.25. The highest BCUT2D eigenvalue weighted by Gasteiger charge is 2.22. The van der Waals surface area contributed by atoms with Gasteiger partial charge in [0.25, 0.3) is 0 Å². The topological polar surface area (TPSA) is 87.7 Å². The quantitative estimate of drug-likeness (QED) is 0.551. The number of benzene rings is 2. The van der Waals surface area contributed by atoms with Gasteiger partial charge in [-0.25, -0.2) is 13.1 Å². The van der Waals surface area contributed by atoms with Crippen LogP contribution in [0.1, 0.15) is 16.8 Å². The molecule has 0 aliphatic carbocycles. The Labute approximate surface area is 155 Å². The molecule has 0 radical (unpaired) electrons. The minimum Gasteiger partial charge on any atom is -0.358 e. The maximum absolute atomic E-state index is 12.9. The zero-order valence-corrected chi connectivity index (χ0v) is 16.0. The molecule has 0 fully saturated rings. The lowest BCUT2D eigenvalue weighted by molar-refractivity contribution is 0.582. The van der Waals surface area contributed by atoms with Crippen LogP contribution in [-0.4, -0.2) is 28.7 Å². The number of hydrogen-bond donors (Lipinski definition) is 2. The van der Waals surface area contributed by atoms with E-state index in [1.165, 1.54) is 0 Å². The van der Waals surface area contributed by atoms with E-state index in [9.17, 15) is 8.42 Å². The van der Waals surface area contributed by atoms with Crippen molar-refractivity contribution in [1.29, 1.82) is 0 Å². The molecule has 0 bridgehead atoms. The molecule has 4 rings (SSSR count). The molecule has 134 valence electrons. The Hall–Kier alpha value is -2.29. The molecule has 2 heterocycles. The summed E-state index contributed by atoms with van der Waals surface area (Å²) in [6.45, 7) is 4.10. The van der Waals surface area contributed by atoms with E-state index in [0.29, 0.717) is 29.6 Å². The smallest absolute Gasteiger partial charge is 0.243 e. The van der Waals surface area contributed by atoms with Gasteiger partial charge in [0.2, 0.25) is 10.0 Å². The molecule has 0 aliphatic rings. The molecule has 2 aromatic heterocycles. The van der Waals surface area contributed by atoms with Crippen molar-refractivity contribution >= 4 is 43.7 Å². The van der Waals surface area contributed by atoms with E-state index in [4.69, 9.17) is 0 Å². The molecule has 0 saturated carbocycles. The van der Waals surface area contributed by atoms with Crippen LogP contribution in [-0.2, 0) is 16.4 Å². The van der Waals surface area contributed by atoms with Crippen LogP contribution in [0.25, 0.3) is 21.9 Å². The molecule has 0 spiro atoms. The van der Waals surface area contributed by atoms with Gasteiger partial charge in [-0.1, -0.05) is 24.3 Å². The van der Waals surface area contributed by atoms with Crippen molar-refractivity contribution in [1.82, 2.24) is 18.5 Å². The Morgan fingerprint density at radius 2 is 1.92 bits per heavy atom. The Balaban J connectivity index is 1.60. The number of para-hydroxylation sites is 1. The summed E-state index contributed by atoms with van der Waals surface area (Å²) in [5.41, 5.74) is 4.97. The molecule has 0 amide bonds. The van der Waals surface area contributed by atoms with Gasteiger partial charge in [0.1, 0.15) is 15.9 Å². The van der Waals surface area contributed by atoms with Crippen LogP contribution in [0.2, 0.25) is 0 Å². The third-order valence-electron chi connectivity index (χ3n) is 4.54. The SMILES string of the molecule is Cc1ccc2nsnc2c1S(=O)(=O)NCCc1c(C)[nH]c2ccccc12. The molecule has 0 saturated heterocycles. The maximum Gasteiger partial charge on any atom is 0.243 e. The Bertz CT molecular complexity index is 1210. The van der Waals surface area contributed by atoms with Crippen molar-refractivity contribution < 1.29 is 8.42 Å². The zero-order valence-electron chi connectivity index (χ0n) is 14.4. The molecule has 0 atom stereocenters. The minimum absolute atomic E-state index is 0.222. The first kappa shape index (κ1) is 17.1. The van der Waals surface area contributed by atoms with Crippen molar-refractivity contribution in [2.24, 2.45) is 0 Å². The number of sulfonamides is 1. The highest BCUT2D eigenvalue weighted by atomic mass is 32.2. The molecule has 4 aromatic rings. The second-order valence-corrected chi connectivity index (χ2v) is 8.50. The summed E-state index contributed by atoms with van der Waals surface area (Å²) >= 11 is 1.02. The van der Waals surface area contributed by atoms with Crippen molar-refractivity contribution in [2.45, 2.75) is 25.2 Å². The molecule has 26 heavy (non-hydrogen) atoms. The van der Waals surface area contributed by atoms with Gasteiger partial charge in [0.05, 0.1) is 11.7 Å². The van der Waals surface area contributed by atoms with Crippen LogP contribution in [0.3, 0.4) is 0 Å². The fourth-order valence-corrected chi connectivity index (χ4v) is 5.32. The van der Waals surface area contributed by atoms with E-state index in [1.54, 1.807) is 19.1 Å². The second-order valence-electron chi connectivity index (χ2n) is 6.27. The van der Waals surface area contributed by atoms with E-state index in [1.807, 2.05) is 25.1 Å². The highest BCUT2D eigenvalue weighted by molar-refractivity contribution is 7.89. The summed E-state index contributed by atoms with van der Waals surface area (Å²) < 4.78 is 36.7. The molecule has 2 N–H and O–H groups in total. The summed E-state index contributed by atoms with van der Waals surface area (Å²) in [6.07, 6.45) is 0.611. The molecule has 2 aromatic carbocycles. The number of fused-ring (bicyclic) bond motifs is 2. The average molecular weight is 387 g/mol. The number of H-pyrrole nitrogens is 1. The number of rotatable bonds is 5. The van der Waals surface area contributed by atoms with Crippen LogP contribution >= 0.6 is 11.7 Å². The molecular formula is C18H18N4O2S2. The van der Waals surface area contributed by atoms with Gasteiger partial charge in [0, 0.05) is 23.1 Å². The standard InChI is InChI=1S/C18H18N4O2S2/c1-11-7-8-16-17(22-25-21-16)18(11)26(23,24)19-10-9-13-12(2)20-15-6-4-3-5-14(13)15/h3-8,19-20H,9-10H2,1-2H3. The molecule has 0 unspecified atom stereocenters. The number of nitrogens with one attached hydrogen (secondary N) is 2. The fourth-order valence-electron chi connectivity index (χ4n) is 3.31. The Kier molecular flexibility index (Phi) is 4.26. The van der Waals surface area contributed by atoms with Crippen molar-refractivity contribution in [3.8, 4) is 0 Å². The van der Waals surface area contributed by atoms with E-state index >= 15 is 0 Å². The van der Waals surface area contributed by atoms with Crippen molar-refractivity contribution in [2.75, 3.05) is 6.54 Å². The van der Waals surface area contributed by atoms with Crippen molar-refractivity contribution in [3.05, 3.63) is 53.2 Å². The van der Waals surface area contributed by atoms with Gasteiger partial charge in [0.15, 0.2) is 0 Å². The lowest BCUT2D eigenvalue weighted by atomic mass is 10.1. The van der Waals surface area contributed by atoms with Gasteiger partial charge < -0.3 is 4.98 Å². The summed E-state index contributed by atoms with van der Waals surface area (Å²) in [7, 11) is -3.66. The maximum atomic E-state index is 12.9.